The zero-order valence-electron chi connectivity index (χ0n) is 8.84. The number of hydrogen-bond donors (Lipinski definition) is 0. The molecule has 0 aliphatic heterocycles. The summed E-state index contributed by atoms with van der Waals surface area (Å²) in [7, 11) is 5.28. The number of carbonyl (C=O) groups excluding carboxylic acids is 1. The first-order valence-electron chi connectivity index (χ1n) is 5.09. The van der Waals surface area contributed by atoms with Crippen LogP contribution >= 0.6 is 0 Å². The normalized spacial score (nSPS) is 10.2. The maximum Gasteiger partial charge on any atom is 0.157 e. The monoisotopic (exact) mass is 210 g/mol. The number of Topliss-reactive ketones (excluding diaryl/α,β-unsaturated/α-hetero) is 1. The van der Waals surface area contributed by atoms with Gasteiger partial charge in [-0.25, -0.2) is 0 Å². The van der Waals surface area contributed by atoms with Gasteiger partial charge in [0.1, 0.15) is 0 Å². The Kier molecular flexibility index (Phi) is 3.20. The number of nitrogens with zero attached hydrogens (tertiary/aromatic N) is 2. The molecule has 16 heavy (non-hydrogen) atoms. The molecule has 0 N–H and O–H groups in total. The Morgan fingerprint density at radius 2 is 2.06 bits per heavy atom. The van der Waals surface area contributed by atoms with E-state index in [1.54, 1.807) is 17.1 Å². The Balaban J connectivity index is 2.12. The molecule has 78 valence electrons. The molecular weight excluding hydrogens is 199 g/mol. The molecule has 0 bridgehead atoms. The first-order valence-corrected chi connectivity index (χ1v) is 5.09. The Morgan fingerprint density at radius 1 is 1.31 bits per heavy atom. The summed E-state index contributed by atoms with van der Waals surface area (Å²) in [6.45, 7) is 0.665. The van der Waals surface area contributed by atoms with Gasteiger partial charge in [0.2, 0.25) is 0 Å². The van der Waals surface area contributed by atoms with Crippen molar-refractivity contribution in [3.63, 3.8) is 0 Å². The number of aromatic nitrogens is 2. The molecule has 0 saturated heterocycles. The molecule has 4 heteroatoms. The molecule has 1 aromatic heterocycles. The summed E-state index contributed by atoms with van der Waals surface area (Å²) in [5.41, 5.74) is 1.72. The second kappa shape index (κ2) is 4.79. The standard InChI is InChI=1S/C12H11BN2O/c13-6-12(16)11-7-14-15(9-11)8-10-4-2-1-3-5-10/h1-5,7,9H,6,8H2. The van der Waals surface area contributed by atoms with Crippen molar-refractivity contribution in [1.29, 1.82) is 0 Å². The van der Waals surface area contributed by atoms with Crippen molar-refractivity contribution in [3.05, 3.63) is 53.9 Å². The van der Waals surface area contributed by atoms with Crippen molar-refractivity contribution in [2.24, 2.45) is 0 Å². The quantitative estimate of drug-likeness (QED) is 0.568. The van der Waals surface area contributed by atoms with Gasteiger partial charge in [0, 0.05) is 6.20 Å². The van der Waals surface area contributed by atoms with Crippen molar-refractivity contribution in [2.75, 3.05) is 0 Å². The van der Waals surface area contributed by atoms with Gasteiger partial charge in [0.15, 0.2) is 5.78 Å². The second-order valence-electron chi connectivity index (χ2n) is 3.54. The van der Waals surface area contributed by atoms with Crippen molar-refractivity contribution >= 4 is 13.6 Å². The van der Waals surface area contributed by atoms with E-state index in [2.05, 4.69) is 5.10 Å². The number of ketones is 1. The molecule has 0 atom stereocenters. The molecule has 2 rings (SSSR count). The Hall–Kier alpha value is -1.84. The summed E-state index contributed by atoms with van der Waals surface area (Å²) < 4.78 is 1.73. The molecule has 0 unspecified atom stereocenters. The van der Waals surface area contributed by atoms with E-state index in [4.69, 9.17) is 7.85 Å². The first-order chi connectivity index (χ1) is 7.79. The Bertz CT molecular complexity index is 479. The molecule has 0 fully saturated rings. The average Bonchev–Trinajstić information content (AvgIpc) is 2.78. The van der Waals surface area contributed by atoms with Gasteiger partial charge in [-0.1, -0.05) is 30.3 Å². The highest BCUT2D eigenvalue weighted by atomic mass is 16.1. The van der Waals surface area contributed by atoms with E-state index >= 15 is 0 Å². The van der Waals surface area contributed by atoms with Gasteiger partial charge in [0.25, 0.3) is 0 Å². The van der Waals surface area contributed by atoms with Crippen molar-refractivity contribution < 1.29 is 4.79 Å². The second-order valence-corrected chi connectivity index (χ2v) is 3.54. The summed E-state index contributed by atoms with van der Waals surface area (Å²) in [6.07, 6.45) is 3.30. The third-order valence-electron chi connectivity index (χ3n) is 2.33. The maximum atomic E-state index is 11.3. The lowest BCUT2D eigenvalue weighted by atomic mass is 9.98. The smallest absolute Gasteiger partial charge is 0.157 e. The predicted octanol–water partition coefficient (Wildman–Crippen LogP) is 1.70. The van der Waals surface area contributed by atoms with Gasteiger partial charge in [-0.2, -0.15) is 5.10 Å². The van der Waals surface area contributed by atoms with E-state index < -0.39 is 0 Å². The van der Waals surface area contributed by atoms with Crippen molar-refractivity contribution in [3.8, 4) is 0 Å². The van der Waals surface area contributed by atoms with Crippen LogP contribution in [0.4, 0.5) is 0 Å². The molecule has 3 nitrogen and oxygen atoms in total. The summed E-state index contributed by atoms with van der Waals surface area (Å²) in [5, 5.41) is 4.12. The van der Waals surface area contributed by atoms with Gasteiger partial charge < -0.3 is 0 Å². The lowest BCUT2D eigenvalue weighted by molar-refractivity contribution is 0.101. The summed E-state index contributed by atoms with van der Waals surface area (Å²) in [6, 6.07) is 9.96. The highest BCUT2D eigenvalue weighted by Gasteiger charge is 2.05. The lowest BCUT2D eigenvalue weighted by Gasteiger charge is -2.00. The minimum Gasteiger partial charge on any atom is -0.295 e. The zero-order valence-corrected chi connectivity index (χ0v) is 8.84. The average molecular weight is 210 g/mol. The van der Waals surface area contributed by atoms with Crippen LogP contribution in [0.15, 0.2) is 42.7 Å². The fourth-order valence-electron chi connectivity index (χ4n) is 1.48. The minimum absolute atomic E-state index is 0.0248. The van der Waals surface area contributed by atoms with E-state index in [9.17, 15) is 4.79 Å². The van der Waals surface area contributed by atoms with Gasteiger partial charge in [-0.05, 0) is 11.9 Å². The number of benzene rings is 1. The molecule has 0 aliphatic carbocycles. The van der Waals surface area contributed by atoms with Crippen LogP contribution < -0.4 is 0 Å². The third kappa shape index (κ3) is 2.39. The van der Waals surface area contributed by atoms with E-state index in [0.29, 0.717) is 12.1 Å². The third-order valence-corrected chi connectivity index (χ3v) is 2.33. The zero-order chi connectivity index (χ0) is 11.4. The Labute approximate surface area is 95.5 Å². The highest BCUT2D eigenvalue weighted by Crippen LogP contribution is 2.05. The van der Waals surface area contributed by atoms with Crippen LogP contribution in [0.1, 0.15) is 15.9 Å². The molecular formula is C12H11BN2O. The lowest BCUT2D eigenvalue weighted by Crippen LogP contribution is -2.00. The number of carbonyl (C=O) groups is 1. The van der Waals surface area contributed by atoms with Crippen molar-refractivity contribution in [1.82, 2.24) is 9.78 Å². The van der Waals surface area contributed by atoms with Crippen LogP contribution in [0.25, 0.3) is 0 Å². The van der Waals surface area contributed by atoms with Gasteiger partial charge in [-0.15, -0.1) is 0 Å². The topological polar surface area (TPSA) is 34.9 Å². The highest BCUT2D eigenvalue weighted by molar-refractivity contribution is 6.23. The summed E-state index contributed by atoms with van der Waals surface area (Å²) in [5.74, 6) is -0.0840. The molecule has 2 radical (unpaired) electrons. The fourth-order valence-corrected chi connectivity index (χ4v) is 1.48. The van der Waals surface area contributed by atoms with Crippen LogP contribution in [0.5, 0.6) is 0 Å². The van der Waals surface area contributed by atoms with E-state index in [1.165, 1.54) is 0 Å². The van der Waals surface area contributed by atoms with E-state index in [0.717, 1.165) is 5.56 Å². The van der Waals surface area contributed by atoms with Gasteiger partial charge in [0.05, 0.1) is 26.2 Å². The molecule has 0 spiro atoms. The summed E-state index contributed by atoms with van der Waals surface area (Å²) >= 11 is 0. The Morgan fingerprint density at radius 3 is 2.75 bits per heavy atom. The van der Waals surface area contributed by atoms with E-state index in [1.807, 2.05) is 30.3 Å². The van der Waals surface area contributed by atoms with Crippen LogP contribution in [0.3, 0.4) is 0 Å². The molecule has 1 heterocycles. The first kappa shape index (κ1) is 10.7. The van der Waals surface area contributed by atoms with Gasteiger partial charge >= 0.3 is 0 Å². The van der Waals surface area contributed by atoms with Crippen LogP contribution in [-0.2, 0) is 6.54 Å². The van der Waals surface area contributed by atoms with E-state index in [-0.39, 0.29) is 12.1 Å². The SMILES string of the molecule is [B]CC(=O)c1cnn(Cc2ccccc2)c1. The molecule has 0 amide bonds. The van der Waals surface area contributed by atoms with Crippen molar-refractivity contribution in [2.45, 2.75) is 12.9 Å². The molecule has 1 aromatic carbocycles. The molecule has 0 aliphatic rings. The van der Waals surface area contributed by atoms with Crippen LogP contribution in [0, 0.1) is 0 Å². The maximum absolute atomic E-state index is 11.3. The minimum atomic E-state index is -0.0840. The largest absolute Gasteiger partial charge is 0.295 e. The molecule has 0 saturated carbocycles. The van der Waals surface area contributed by atoms with Crippen LogP contribution in [-0.4, -0.2) is 23.4 Å². The predicted molar refractivity (Wildman–Crippen MR) is 62.7 cm³/mol. The fraction of sp³-hybridized carbons (Fsp3) is 0.167. The summed E-state index contributed by atoms with van der Waals surface area (Å²) in [4.78, 5) is 11.3. The van der Waals surface area contributed by atoms with Gasteiger partial charge in [-0.3, -0.25) is 9.48 Å². The van der Waals surface area contributed by atoms with Crippen LogP contribution in [0.2, 0.25) is 6.32 Å². The number of rotatable bonds is 4. The molecule has 2 aromatic rings. The number of hydrogen-bond acceptors (Lipinski definition) is 2.